The number of nitrogens with one attached hydrogen (secondary N) is 1. The van der Waals surface area contributed by atoms with Crippen LogP contribution in [0, 0.1) is 0 Å². The normalized spacial score (nSPS) is 24.6. The van der Waals surface area contributed by atoms with Crippen LogP contribution in [0.1, 0.15) is 26.7 Å². The van der Waals surface area contributed by atoms with Gasteiger partial charge in [-0.2, -0.15) is 0 Å². The zero-order chi connectivity index (χ0) is 13.5. The van der Waals surface area contributed by atoms with Gasteiger partial charge in [0.05, 0.1) is 19.8 Å². The third-order valence-corrected chi connectivity index (χ3v) is 3.89. The molecule has 5 nitrogen and oxygen atoms in total. The van der Waals surface area contributed by atoms with Crippen LogP contribution < -0.4 is 5.32 Å². The number of hydrogen-bond acceptors (Lipinski definition) is 3. The molecule has 0 amide bonds. The standard InChI is InChI=1S/C14H28N4O.HI/c1-3-15-14(18-7-4-5-8-18)16-6-9-17-10-11-19-12-13(17)2;/h13H,3-12H2,1-2H3,(H,15,16);1H. The van der Waals surface area contributed by atoms with Crippen molar-refractivity contribution in [3.05, 3.63) is 0 Å². The molecule has 0 radical (unpaired) electrons. The largest absolute Gasteiger partial charge is 0.379 e. The molecule has 6 heteroatoms. The van der Waals surface area contributed by atoms with Gasteiger partial charge < -0.3 is 15.0 Å². The molecular formula is C14H29IN4O. The summed E-state index contributed by atoms with van der Waals surface area (Å²) in [4.78, 5) is 9.63. The van der Waals surface area contributed by atoms with Gasteiger partial charge in [0.1, 0.15) is 0 Å². The molecule has 0 saturated carbocycles. The van der Waals surface area contributed by atoms with Gasteiger partial charge in [0.2, 0.25) is 0 Å². The van der Waals surface area contributed by atoms with Crippen LogP contribution in [0.15, 0.2) is 4.99 Å². The lowest BCUT2D eigenvalue weighted by atomic mass is 10.2. The molecule has 1 unspecified atom stereocenters. The van der Waals surface area contributed by atoms with Gasteiger partial charge in [-0.3, -0.25) is 9.89 Å². The van der Waals surface area contributed by atoms with Crippen LogP contribution in [-0.2, 0) is 4.74 Å². The molecule has 0 aromatic carbocycles. The van der Waals surface area contributed by atoms with Crippen molar-refractivity contribution in [2.75, 3.05) is 52.5 Å². The van der Waals surface area contributed by atoms with Crippen molar-refractivity contribution in [1.29, 1.82) is 0 Å². The smallest absolute Gasteiger partial charge is 0.193 e. The number of ether oxygens (including phenoxy) is 1. The van der Waals surface area contributed by atoms with Crippen molar-refractivity contribution in [2.45, 2.75) is 32.7 Å². The van der Waals surface area contributed by atoms with Gasteiger partial charge in [0.25, 0.3) is 0 Å². The van der Waals surface area contributed by atoms with Crippen molar-refractivity contribution in [1.82, 2.24) is 15.1 Å². The van der Waals surface area contributed by atoms with Crippen LogP contribution in [0.3, 0.4) is 0 Å². The molecule has 0 aliphatic carbocycles. The predicted octanol–water partition coefficient (Wildman–Crippen LogP) is 1.39. The maximum Gasteiger partial charge on any atom is 0.193 e. The van der Waals surface area contributed by atoms with E-state index in [1.165, 1.54) is 12.8 Å². The molecule has 20 heavy (non-hydrogen) atoms. The average molecular weight is 396 g/mol. The Morgan fingerprint density at radius 1 is 1.30 bits per heavy atom. The topological polar surface area (TPSA) is 40.1 Å². The summed E-state index contributed by atoms with van der Waals surface area (Å²) in [6.07, 6.45) is 2.59. The van der Waals surface area contributed by atoms with E-state index in [9.17, 15) is 0 Å². The third-order valence-electron chi connectivity index (χ3n) is 3.89. The van der Waals surface area contributed by atoms with Crippen molar-refractivity contribution in [3.8, 4) is 0 Å². The van der Waals surface area contributed by atoms with Crippen LogP contribution in [0.2, 0.25) is 0 Å². The Kier molecular flexibility index (Phi) is 8.79. The number of likely N-dealkylation sites (tertiary alicyclic amines) is 1. The maximum absolute atomic E-state index is 5.46. The van der Waals surface area contributed by atoms with E-state index in [0.29, 0.717) is 6.04 Å². The first kappa shape index (κ1) is 18.0. The third kappa shape index (κ3) is 5.37. The second-order valence-corrected chi connectivity index (χ2v) is 5.39. The number of aliphatic imine (C=N–C) groups is 1. The van der Waals surface area contributed by atoms with Crippen molar-refractivity contribution >= 4 is 29.9 Å². The minimum absolute atomic E-state index is 0. The number of guanidine groups is 1. The van der Waals surface area contributed by atoms with Crippen molar-refractivity contribution < 1.29 is 4.74 Å². The number of halogens is 1. The Balaban J connectivity index is 0.00000200. The van der Waals surface area contributed by atoms with E-state index in [-0.39, 0.29) is 24.0 Å². The zero-order valence-corrected chi connectivity index (χ0v) is 15.1. The van der Waals surface area contributed by atoms with Gasteiger partial charge in [0, 0.05) is 38.8 Å². The molecule has 2 fully saturated rings. The van der Waals surface area contributed by atoms with Gasteiger partial charge in [0.15, 0.2) is 5.96 Å². The highest BCUT2D eigenvalue weighted by Gasteiger charge is 2.19. The van der Waals surface area contributed by atoms with E-state index in [0.717, 1.165) is 58.4 Å². The quantitative estimate of drug-likeness (QED) is 0.443. The van der Waals surface area contributed by atoms with Crippen LogP contribution in [0.25, 0.3) is 0 Å². The Bertz CT molecular complexity index is 295. The SMILES string of the molecule is CCNC(=NCCN1CCOCC1C)N1CCCC1.I. The molecule has 1 atom stereocenters. The second kappa shape index (κ2) is 9.78. The highest BCUT2D eigenvalue weighted by Crippen LogP contribution is 2.08. The Morgan fingerprint density at radius 3 is 2.70 bits per heavy atom. The van der Waals surface area contributed by atoms with E-state index in [4.69, 9.17) is 9.73 Å². The monoisotopic (exact) mass is 396 g/mol. The number of hydrogen-bond donors (Lipinski definition) is 1. The van der Waals surface area contributed by atoms with Crippen LogP contribution >= 0.6 is 24.0 Å². The number of morpholine rings is 1. The Morgan fingerprint density at radius 2 is 2.05 bits per heavy atom. The lowest BCUT2D eigenvalue weighted by Gasteiger charge is -2.32. The summed E-state index contributed by atoms with van der Waals surface area (Å²) in [6.45, 7) is 12.3. The molecule has 2 heterocycles. The summed E-state index contributed by atoms with van der Waals surface area (Å²) in [5, 5.41) is 3.41. The van der Waals surface area contributed by atoms with Gasteiger partial charge in [-0.05, 0) is 26.7 Å². The average Bonchev–Trinajstić information content (AvgIpc) is 2.94. The van der Waals surface area contributed by atoms with Gasteiger partial charge in [-0.1, -0.05) is 0 Å². The van der Waals surface area contributed by atoms with Crippen molar-refractivity contribution in [2.24, 2.45) is 4.99 Å². The first-order valence-corrected chi connectivity index (χ1v) is 7.66. The molecule has 1 N–H and O–H groups in total. The minimum atomic E-state index is 0. The first-order chi connectivity index (χ1) is 9.31. The molecule has 0 aromatic rings. The van der Waals surface area contributed by atoms with Crippen molar-refractivity contribution in [3.63, 3.8) is 0 Å². The highest BCUT2D eigenvalue weighted by molar-refractivity contribution is 14.0. The number of nitrogens with zero attached hydrogens (tertiary/aromatic N) is 3. The Hall–Kier alpha value is -0.0800. The number of rotatable bonds is 4. The maximum atomic E-state index is 5.46. The highest BCUT2D eigenvalue weighted by atomic mass is 127. The fourth-order valence-electron chi connectivity index (χ4n) is 2.73. The molecule has 0 spiro atoms. The molecule has 118 valence electrons. The summed E-state index contributed by atoms with van der Waals surface area (Å²) in [6, 6.07) is 0.526. The molecule has 2 aliphatic rings. The molecule has 2 saturated heterocycles. The first-order valence-electron chi connectivity index (χ1n) is 7.66. The van der Waals surface area contributed by atoms with E-state index in [1.54, 1.807) is 0 Å². The van der Waals surface area contributed by atoms with E-state index in [1.807, 2.05) is 0 Å². The Labute approximate surface area is 140 Å². The molecule has 0 aromatic heterocycles. The van der Waals surface area contributed by atoms with Crippen LogP contribution in [-0.4, -0.2) is 74.3 Å². The summed E-state index contributed by atoms with van der Waals surface area (Å²) < 4.78 is 5.46. The molecular weight excluding hydrogens is 367 g/mol. The molecule has 0 bridgehead atoms. The van der Waals surface area contributed by atoms with Crippen LogP contribution in [0.5, 0.6) is 0 Å². The summed E-state index contributed by atoms with van der Waals surface area (Å²) >= 11 is 0. The van der Waals surface area contributed by atoms with E-state index >= 15 is 0 Å². The lowest BCUT2D eigenvalue weighted by Crippen LogP contribution is -2.45. The van der Waals surface area contributed by atoms with Gasteiger partial charge in [-0.15, -0.1) is 24.0 Å². The van der Waals surface area contributed by atoms with E-state index in [2.05, 4.69) is 29.0 Å². The fraction of sp³-hybridized carbons (Fsp3) is 0.929. The molecule has 2 rings (SSSR count). The van der Waals surface area contributed by atoms with Gasteiger partial charge >= 0.3 is 0 Å². The predicted molar refractivity (Wildman–Crippen MR) is 94.1 cm³/mol. The second-order valence-electron chi connectivity index (χ2n) is 5.39. The fourth-order valence-corrected chi connectivity index (χ4v) is 2.73. The lowest BCUT2D eigenvalue weighted by molar-refractivity contribution is 0.00139. The summed E-state index contributed by atoms with van der Waals surface area (Å²) in [7, 11) is 0. The van der Waals surface area contributed by atoms with Crippen LogP contribution in [0.4, 0.5) is 0 Å². The van der Waals surface area contributed by atoms with E-state index < -0.39 is 0 Å². The summed E-state index contributed by atoms with van der Waals surface area (Å²) in [5.41, 5.74) is 0. The zero-order valence-electron chi connectivity index (χ0n) is 12.8. The van der Waals surface area contributed by atoms with Gasteiger partial charge in [-0.25, -0.2) is 0 Å². The summed E-state index contributed by atoms with van der Waals surface area (Å²) in [5.74, 6) is 1.10. The minimum Gasteiger partial charge on any atom is -0.379 e. The molecule has 2 aliphatic heterocycles.